The predicted molar refractivity (Wildman–Crippen MR) is 75.5 cm³/mol. The average molecular weight is 272 g/mol. The van der Waals surface area contributed by atoms with Crippen LogP contribution in [0.15, 0.2) is 6.33 Å². The highest BCUT2D eigenvalue weighted by molar-refractivity contribution is 6.17. The normalized spacial score (nSPS) is 11.4. The summed E-state index contributed by atoms with van der Waals surface area (Å²) in [5.41, 5.74) is 1.13. The first-order valence-electron chi connectivity index (χ1n) is 6.15. The first-order chi connectivity index (χ1) is 8.50. The Morgan fingerprint density at radius 2 is 2.11 bits per heavy atom. The van der Waals surface area contributed by atoms with Crippen molar-refractivity contribution >= 4 is 17.4 Å². The van der Waals surface area contributed by atoms with Crippen molar-refractivity contribution in [3.63, 3.8) is 0 Å². The van der Waals surface area contributed by atoms with E-state index in [9.17, 15) is 0 Å². The van der Waals surface area contributed by atoms with Gasteiger partial charge in [0.15, 0.2) is 0 Å². The lowest BCUT2D eigenvalue weighted by Crippen LogP contribution is -2.24. The molecule has 5 heteroatoms. The van der Waals surface area contributed by atoms with Crippen LogP contribution in [0.1, 0.15) is 32.3 Å². The molecule has 0 aliphatic carbocycles. The van der Waals surface area contributed by atoms with Crippen LogP contribution in [-0.4, -0.2) is 29.5 Å². The Bertz CT molecular complexity index is 382. The third-order valence-corrected chi connectivity index (χ3v) is 3.22. The average Bonchev–Trinajstić information content (AvgIpc) is 2.35. The lowest BCUT2D eigenvalue weighted by molar-refractivity contribution is 0.354. The van der Waals surface area contributed by atoms with Crippen molar-refractivity contribution in [2.24, 2.45) is 5.41 Å². The zero-order valence-corrected chi connectivity index (χ0v) is 12.3. The van der Waals surface area contributed by atoms with Gasteiger partial charge in [0.1, 0.15) is 12.1 Å². The summed E-state index contributed by atoms with van der Waals surface area (Å²) in [6, 6.07) is 0. The van der Waals surface area contributed by atoms with Gasteiger partial charge in [-0.05, 0) is 25.2 Å². The van der Waals surface area contributed by atoms with Gasteiger partial charge in [0.2, 0.25) is 5.88 Å². The highest BCUT2D eigenvalue weighted by atomic mass is 35.5. The van der Waals surface area contributed by atoms with E-state index in [1.54, 1.807) is 7.11 Å². The molecule has 0 aliphatic heterocycles. The number of nitrogens with one attached hydrogen (secondary N) is 1. The first-order valence-corrected chi connectivity index (χ1v) is 6.69. The van der Waals surface area contributed by atoms with Gasteiger partial charge in [-0.3, -0.25) is 0 Å². The molecule has 1 aromatic rings. The molecule has 0 aromatic carbocycles. The van der Waals surface area contributed by atoms with Crippen LogP contribution in [0.4, 0.5) is 5.82 Å². The van der Waals surface area contributed by atoms with Gasteiger partial charge in [-0.15, -0.1) is 11.6 Å². The standard InChI is InChI=1S/C13H22ClN3O/c1-10-11(16-9-17-12(10)18-4)15-8-13(2,3)6-5-7-14/h9H,5-8H2,1-4H3,(H,15,16,17). The van der Waals surface area contributed by atoms with Crippen LogP contribution in [0.5, 0.6) is 5.88 Å². The molecule has 0 fully saturated rings. The molecule has 1 heterocycles. The Hall–Kier alpha value is -1.03. The molecule has 0 aliphatic rings. The maximum Gasteiger partial charge on any atom is 0.221 e. The lowest BCUT2D eigenvalue weighted by atomic mass is 9.88. The van der Waals surface area contributed by atoms with E-state index in [0.717, 1.165) is 30.8 Å². The monoisotopic (exact) mass is 271 g/mol. The van der Waals surface area contributed by atoms with Crippen molar-refractivity contribution < 1.29 is 4.74 Å². The van der Waals surface area contributed by atoms with Crippen LogP contribution in [-0.2, 0) is 0 Å². The molecule has 0 radical (unpaired) electrons. The predicted octanol–water partition coefficient (Wildman–Crippen LogP) is 3.25. The summed E-state index contributed by atoms with van der Waals surface area (Å²) < 4.78 is 5.17. The van der Waals surface area contributed by atoms with Gasteiger partial charge in [-0.2, -0.15) is 0 Å². The molecule has 0 spiro atoms. The first kappa shape index (κ1) is 15.0. The van der Waals surface area contributed by atoms with Gasteiger partial charge >= 0.3 is 0 Å². The summed E-state index contributed by atoms with van der Waals surface area (Å²) in [5, 5.41) is 3.36. The third-order valence-electron chi connectivity index (χ3n) is 2.95. The molecule has 1 N–H and O–H groups in total. The number of anilines is 1. The molecule has 1 rings (SSSR count). The number of halogens is 1. The smallest absolute Gasteiger partial charge is 0.221 e. The number of ether oxygens (including phenoxy) is 1. The second-order valence-corrected chi connectivity index (χ2v) is 5.54. The second-order valence-electron chi connectivity index (χ2n) is 5.17. The molecule has 0 amide bonds. The van der Waals surface area contributed by atoms with Gasteiger partial charge in [-0.25, -0.2) is 9.97 Å². The molecule has 0 unspecified atom stereocenters. The molecule has 0 saturated carbocycles. The van der Waals surface area contributed by atoms with Crippen molar-refractivity contribution in [1.82, 2.24) is 9.97 Å². The van der Waals surface area contributed by atoms with E-state index in [-0.39, 0.29) is 5.41 Å². The quantitative estimate of drug-likeness (QED) is 0.774. The van der Waals surface area contributed by atoms with Crippen LogP contribution in [0.25, 0.3) is 0 Å². The Balaban J connectivity index is 2.63. The molecule has 4 nitrogen and oxygen atoms in total. The number of methoxy groups -OCH3 is 1. The van der Waals surface area contributed by atoms with Crippen LogP contribution in [0, 0.1) is 12.3 Å². The summed E-state index contributed by atoms with van der Waals surface area (Å²) in [6.07, 6.45) is 3.63. The Labute approximate surface area is 114 Å². The van der Waals surface area contributed by atoms with E-state index in [2.05, 4.69) is 29.1 Å². The highest BCUT2D eigenvalue weighted by Gasteiger charge is 2.18. The molecule has 0 atom stereocenters. The van der Waals surface area contributed by atoms with Gasteiger partial charge < -0.3 is 10.1 Å². The Morgan fingerprint density at radius 3 is 2.72 bits per heavy atom. The van der Waals surface area contributed by atoms with Gasteiger partial charge in [0.25, 0.3) is 0 Å². The van der Waals surface area contributed by atoms with Crippen LogP contribution >= 0.6 is 11.6 Å². The van der Waals surface area contributed by atoms with Crippen molar-refractivity contribution in [3.05, 3.63) is 11.9 Å². The second kappa shape index (κ2) is 6.78. The molecule has 0 saturated heterocycles. The highest BCUT2D eigenvalue weighted by Crippen LogP contribution is 2.25. The van der Waals surface area contributed by atoms with E-state index >= 15 is 0 Å². The molecular formula is C13H22ClN3O. The van der Waals surface area contributed by atoms with Crippen molar-refractivity contribution in [2.75, 3.05) is 24.9 Å². The minimum absolute atomic E-state index is 0.194. The summed E-state index contributed by atoms with van der Waals surface area (Å²) in [5.74, 6) is 2.16. The van der Waals surface area contributed by atoms with Crippen LogP contribution in [0.3, 0.4) is 0 Å². The van der Waals surface area contributed by atoms with E-state index in [4.69, 9.17) is 16.3 Å². The fourth-order valence-corrected chi connectivity index (χ4v) is 1.91. The number of alkyl halides is 1. The Morgan fingerprint density at radius 1 is 1.39 bits per heavy atom. The van der Waals surface area contributed by atoms with E-state index < -0.39 is 0 Å². The minimum Gasteiger partial charge on any atom is -0.481 e. The van der Waals surface area contributed by atoms with Gasteiger partial charge in [0.05, 0.1) is 12.7 Å². The van der Waals surface area contributed by atoms with Crippen LogP contribution < -0.4 is 10.1 Å². The molecule has 18 heavy (non-hydrogen) atoms. The van der Waals surface area contributed by atoms with Gasteiger partial charge in [0, 0.05) is 12.4 Å². The number of hydrogen-bond acceptors (Lipinski definition) is 4. The topological polar surface area (TPSA) is 47.0 Å². The van der Waals surface area contributed by atoms with Gasteiger partial charge in [-0.1, -0.05) is 13.8 Å². The van der Waals surface area contributed by atoms with E-state index in [1.807, 2.05) is 6.92 Å². The third kappa shape index (κ3) is 4.33. The number of aromatic nitrogens is 2. The summed E-state index contributed by atoms with van der Waals surface area (Å²) in [4.78, 5) is 8.30. The van der Waals surface area contributed by atoms with Crippen LogP contribution in [0.2, 0.25) is 0 Å². The largest absolute Gasteiger partial charge is 0.481 e. The van der Waals surface area contributed by atoms with Crippen molar-refractivity contribution in [2.45, 2.75) is 33.6 Å². The van der Waals surface area contributed by atoms with Crippen molar-refractivity contribution in [3.8, 4) is 5.88 Å². The number of rotatable bonds is 7. The van der Waals surface area contributed by atoms with E-state index in [0.29, 0.717) is 11.8 Å². The number of nitrogens with zero attached hydrogens (tertiary/aromatic N) is 2. The van der Waals surface area contributed by atoms with E-state index in [1.165, 1.54) is 6.33 Å². The Kier molecular flexibility index (Phi) is 5.66. The van der Waals surface area contributed by atoms with Crippen molar-refractivity contribution in [1.29, 1.82) is 0 Å². The molecule has 102 valence electrons. The fraction of sp³-hybridized carbons (Fsp3) is 0.692. The minimum atomic E-state index is 0.194. The lowest BCUT2D eigenvalue weighted by Gasteiger charge is -2.25. The molecular weight excluding hydrogens is 250 g/mol. The zero-order chi connectivity index (χ0) is 13.6. The summed E-state index contributed by atoms with van der Waals surface area (Å²) in [7, 11) is 1.61. The zero-order valence-electron chi connectivity index (χ0n) is 11.6. The summed E-state index contributed by atoms with van der Waals surface area (Å²) >= 11 is 5.73. The maximum atomic E-state index is 5.73. The fourth-order valence-electron chi connectivity index (χ4n) is 1.77. The molecule has 0 bridgehead atoms. The number of hydrogen-bond donors (Lipinski definition) is 1. The SMILES string of the molecule is COc1ncnc(NCC(C)(C)CCCCl)c1C. The molecule has 1 aromatic heterocycles. The maximum absolute atomic E-state index is 5.73. The summed E-state index contributed by atoms with van der Waals surface area (Å²) in [6.45, 7) is 7.25.